The lowest BCUT2D eigenvalue weighted by Crippen LogP contribution is -2.38. The number of aryl methyl sites for hydroxylation is 1. The predicted molar refractivity (Wildman–Crippen MR) is 105 cm³/mol. The van der Waals surface area contributed by atoms with E-state index in [1.165, 1.54) is 0 Å². The normalized spacial score (nSPS) is 13.3. The molecule has 1 aliphatic rings. The number of carbonyl (C=O) groups excluding carboxylic acids is 1. The maximum Gasteiger partial charge on any atom is 0.251 e. The van der Waals surface area contributed by atoms with Crippen LogP contribution >= 0.6 is 0 Å². The maximum absolute atomic E-state index is 11.7. The molecule has 0 unspecified atom stereocenters. The van der Waals surface area contributed by atoms with E-state index >= 15 is 0 Å². The average Bonchev–Trinajstić information content (AvgIpc) is 3.30. The first-order chi connectivity index (χ1) is 13.2. The third-order valence-corrected chi connectivity index (χ3v) is 4.53. The highest BCUT2D eigenvalue weighted by Crippen LogP contribution is 2.14. The van der Waals surface area contributed by atoms with Gasteiger partial charge in [-0.3, -0.25) is 4.79 Å². The molecule has 1 aromatic heterocycles. The summed E-state index contributed by atoms with van der Waals surface area (Å²) < 4.78 is 2.16. The smallest absolute Gasteiger partial charge is 0.251 e. The zero-order valence-electron chi connectivity index (χ0n) is 16.0. The van der Waals surface area contributed by atoms with Crippen LogP contribution in [0.2, 0.25) is 0 Å². The number of aromatic nitrogens is 3. The Morgan fingerprint density at radius 3 is 3.00 bits per heavy atom. The second-order valence-corrected chi connectivity index (χ2v) is 6.44. The Labute approximate surface area is 159 Å². The molecular weight excluding hydrogens is 342 g/mol. The lowest BCUT2D eigenvalue weighted by Gasteiger charge is -2.11. The summed E-state index contributed by atoms with van der Waals surface area (Å²) in [5.74, 6) is 2.67. The number of fused-ring (bicyclic) bond motifs is 1. The van der Waals surface area contributed by atoms with Gasteiger partial charge in [-0.1, -0.05) is 12.1 Å². The van der Waals surface area contributed by atoms with Crippen LogP contribution < -0.4 is 16.0 Å². The van der Waals surface area contributed by atoms with Crippen molar-refractivity contribution in [3.63, 3.8) is 0 Å². The van der Waals surface area contributed by atoms with Crippen LogP contribution in [0.4, 0.5) is 0 Å². The van der Waals surface area contributed by atoms with Crippen LogP contribution in [0, 0.1) is 0 Å². The molecule has 0 saturated carbocycles. The average molecular weight is 369 g/mol. The van der Waals surface area contributed by atoms with Crippen molar-refractivity contribution in [3.05, 3.63) is 47.0 Å². The predicted octanol–water partition coefficient (Wildman–Crippen LogP) is 0.882. The Morgan fingerprint density at radius 2 is 2.19 bits per heavy atom. The van der Waals surface area contributed by atoms with Crippen LogP contribution in [0.25, 0.3) is 0 Å². The van der Waals surface area contributed by atoms with E-state index in [1.54, 1.807) is 7.05 Å². The lowest BCUT2D eigenvalue weighted by atomic mass is 10.1. The highest BCUT2D eigenvalue weighted by atomic mass is 16.1. The molecule has 8 heteroatoms. The van der Waals surface area contributed by atoms with Crippen LogP contribution in [-0.4, -0.2) is 46.8 Å². The molecule has 2 aromatic rings. The van der Waals surface area contributed by atoms with Gasteiger partial charge in [0.05, 0.1) is 0 Å². The molecule has 1 aromatic carbocycles. The Kier molecular flexibility index (Phi) is 6.40. The van der Waals surface area contributed by atoms with Crippen LogP contribution in [0.15, 0.2) is 29.3 Å². The molecule has 0 spiro atoms. The topological polar surface area (TPSA) is 96.2 Å². The number of hydrogen-bond donors (Lipinski definition) is 3. The largest absolute Gasteiger partial charge is 0.357 e. The van der Waals surface area contributed by atoms with E-state index in [1.807, 2.05) is 31.2 Å². The van der Waals surface area contributed by atoms with Crippen molar-refractivity contribution < 1.29 is 4.79 Å². The molecule has 3 rings (SSSR count). The Morgan fingerprint density at radius 1 is 1.30 bits per heavy atom. The van der Waals surface area contributed by atoms with E-state index in [2.05, 4.69) is 35.7 Å². The minimum Gasteiger partial charge on any atom is -0.357 e. The minimum atomic E-state index is -0.0689. The molecule has 0 atom stereocenters. The van der Waals surface area contributed by atoms with E-state index in [9.17, 15) is 4.79 Å². The molecule has 0 aliphatic carbocycles. The molecule has 1 aliphatic heterocycles. The number of carbonyl (C=O) groups is 1. The molecule has 144 valence electrons. The molecule has 27 heavy (non-hydrogen) atoms. The van der Waals surface area contributed by atoms with Crippen LogP contribution in [-0.2, 0) is 25.9 Å². The third-order valence-electron chi connectivity index (χ3n) is 4.53. The molecular formula is C19H27N7O. The van der Waals surface area contributed by atoms with Gasteiger partial charge in [0.15, 0.2) is 11.8 Å². The van der Waals surface area contributed by atoms with E-state index < -0.39 is 0 Å². The Hall–Kier alpha value is -2.90. The Balaban J connectivity index is 1.56. The van der Waals surface area contributed by atoms with Gasteiger partial charge in [-0.05, 0) is 37.5 Å². The van der Waals surface area contributed by atoms with Crippen molar-refractivity contribution in [2.75, 3.05) is 20.1 Å². The number of nitrogens with zero attached hydrogens (tertiary/aromatic N) is 4. The number of nitrogens with one attached hydrogen (secondary N) is 3. The molecule has 0 bridgehead atoms. The van der Waals surface area contributed by atoms with Gasteiger partial charge in [-0.2, -0.15) is 0 Å². The van der Waals surface area contributed by atoms with Gasteiger partial charge < -0.3 is 20.5 Å². The molecule has 2 heterocycles. The molecule has 3 N–H and O–H groups in total. The van der Waals surface area contributed by atoms with Gasteiger partial charge in [-0.25, -0.2) is 4.99 Å². The van der Waals surface area contributed by atoms with Crippen molar-refractivity contribution >= 4 is 11.9 Å². The summed E-state index contributed by atoms with van der Waals surface area (Å²) in [4.78, 5) is 16.4. The zero-order chi connectivity index (χ0) is 19.1. The first-order valence-corrected chi connectivity index (χ1v) is 9.45. The molecule has 8 nitrogen and oxygen atoms in total. The number of benzene rings is 1. The highest BCUT2D eigenvalue weighted by molar-refractivity contribution is 5.94. The first kappa shape index (κ1) is 18.9. The monoisotopic (exact) mass is 369 g/mol. The second kappa shape index (κ2) is 9.16. The summed E-state index contributed by atoms with van der Waals surface area (Å²) in [6, 6.07) is 7.67. The first-order valence-electron chi connectivity index (χ1n) is 9.45. The fourth-order valence-corrected chi connectivity index (χ4v) is 3.16. The summed E-state index contributed by atoms with van der Waals surface area (Å²) in [5.41, 5.74) is 1.78. The van der Waals surface area contributed by atoms with Crippen molar-refractivity contribution in [2.24, 2.45) is 4.99 Å². The van der Waals surface area contributed by atoms with Crippen LogP contribution in [0.5, 0.6) is 0 Å². The molecule has 1 amide bonds. The number of amides is 1. The number of aliphatic imine (C=N–C) groups is 1. The Bertz CT molecular complexity index is 812. The standard InChI is InChI=1S/C19H27N7O/c1-3-21-19(23-13-17-25-24-16-8-5-11-26(16)17)22-10-9-14-6-4-7-15(12-14)18(27)20-2/h4,6-7,12H,3,5,8-11,13H2,1-2H3,(H,20,27)(H2,21,22,23). The molecule has 0 radical (unpaired) electrons. The number of rotatable bonds is 7. The quantitative estimate of drug-likeness (QED) is 0.497. The summed E-state index contributed by atoms with van der Waals surface area (Å²) in [6.45, 7) is 5.04. The van der Waals surface area contributed by atoms with Gasteiger partial charge in [0.2, 0.25) is 0 Å². The molecule has 0 saturated heterocycles. The summed E-state index contributed by atoms with van der Waals surface area (Å²) >= 11 is 0. The van der Waals surface area contributed by atoms with Crippen LogP contribution in [0.1, 0.15) is 40.9 Å². The van der Waals surface area contributed by atoms with Gasteiger partial charge in [0.1, 0.15) is 12.4 Å². The van der Waals surface area contributed by atoms with Gasteiger partial charge in [0.25, 0.3) is 5.91 Å². The van der Waals surface area contributed by atoms with Gasteiger partial charge >= 0.3 is 0 Å². The van der Waals surface area contributed by atoms with E-state index in [4.69, 9.17) is 0 Å². The highest BCUT2D eigenvalue weighted by Gasteiger charge is 2.16. The fraction of sp³-hybridized carbons (Fsp3) is 0.474. The van der Waals surface area contributed by atoms with Crippen molar-refractivity contribution in [2.45, 2.75) is 39.3 Å². The van der Waals surface area contributed by atoms with E-state index in [0.717, 1.165) is 62.1 Å². The summed E-state index contributed by atoms with van der Waals surface area (Å²) in [7, 11) is 1.64. The van der Waals surface area contributed by atoms with Crippen molar-refractivity contribution in [1.82, 2.24) is 30.7 Å². The van der Waals surface area contributed by atoms with Gasteiger partial charge in [0, 0.05) is 38.7 Å². The maximum atomic E-state index is 11.7. The summed E-state index contributed by atoms with van der Waals surface area (Å²) in [6.07, 6.45) is 2.94. The van der Waals surface area contributed by atoms with E-state index in [0.29, 0.717) is 12.1 Å². The van der Waals surface area contributed by atoms with Crippen molar-refractivity contribution in [3.8, 4) is 0 Å². The number of guanidine groups is 1. The van der Waals surface area contributed by atoms with Crippen molar-refractivity contribution in [1.29, 1.82) is 0 Å². The minimum absolute atomic E-state index is 0.0689. The second-order valence-electron chi connectivity index (χ2n) is 6.44. The van der Waals surface area contributed by atoms with E-state index in [-0.39, 0.29) is 5.91 Å². The van der Waals surface area contributed by atoms with Gasteiger partial charge in [-0.15, -0.1) is 10.2 Å². The SMILES string of the molecule is CCNC(=NCc1nnc2n1CCC2)NCCc1cccc(C(=O)NC)c1. The van der Waals surface area contributed by atoms with Crippen LogP contribution in [0.3, 0.4) is 0 Å². The summed E-state index contributed by atoms with van der Waals surface area (Å²) in [5, 5.41) is 17.7. The third kappa shape index (κ3) is 4.84. The number of hydrogen-bond acceptors (Lipinski definition) is 4. The zero-order valence-corrected chi connectivity index (χ0v) is 16.0. The fourth-order valence-electron chi connectivity index (χ4n) is 3.16. The lowest BCUT2D eigenvalue weighted by molar-refractivity contribution is 0.0963. The molecule has 0 fully saturated rings.